The third-order valence-corrected chi connectivity index (χ3v) is 5.25. The van der Waals surface area contributed by atoms with E-state index in [9.17, 15) is 24.0 Å². The number of rotatable bonds is 12. The van der Waals surface area contributed by atoms with Crippen LogP contribution in [0.3, 0.4) is 0 Å². The number of benzene rings is 1. The molecule has 0 saturated carbocycles. The Labute approximate surface area is 235 Å². The summed E-state index contributed by atoms with van der Waals surface area (Å²) >= 11 is 15.1. The molecule has 0 aliphatic rings. The summed E-state index contributed by atoms with van der Waals surface area (Å²) in [5.74, 6) is -2.53. The van der Waals surface area contributed by atoms with Crippen molar-refractivity contribution < 1.29 is 33.4 Å². The first-order chi connectivity index (χ1) is 18.2. The number of esters is 2. The fraction of sp³-hybridized carbons (Fsp3) is 0.360. The summed E-state index contributed by atoms with van der Waals surface area (Å²) in [5, 5.41) is 4.72. The van der Waals surface area contributed by atoms with Crippen LogP contribution in [0.25, 0.3) is 11.3 Å². The molecule has 1 unspecified atom stereocenters. The number of hydrogen-bond donors (Lipinski definition) is 2. The number of amides is 2. The summed E-state index contributed by atoms with van der Waals surface area (Å²) in [4.78, 5) is 62.5. The average Bonchev–Trinajstić information content (AvgIpc) is 2.92. The fourth-order valence-corrected chi connectivity index (χ4v) is 2.97. The van der Waals surface area contributed by atoms with E-state index in [-0.39, 0.29) is 43.5 Å². The Bertz CT molecular complexity index is 1100. The molecule has 2 N–H and O–H groups in total. The van der Waals surface area contributed by atoms with Crippen molar-refractivity contribution in [1.82, 2.24) is 10.3 Å². The number of aromatic nitrogens is 1. The smallest absolute Gasteiger partial charge is 0.328 e. The standard InChI is InChI=1S/C23H26ClN3O6.C2H2Cl2O/c1-3-32-20(29)13-12-18(23(31)33-4-2)27-22(30)17-11-10-16(25-19(28)14-24)21(26-17)15-8-6-5-7-9-15;3-1-2(4)5/h5-11,18H,3-4,12-14H2,1-2H3,(H,25,28)(H,27,30);1H2. The third-order valence-electron chi connectivity index (χ3n) is 4.49. The normalized spacial score (nSPS) is 10.8. The van der Waals surface area contributed by atoms with Gasteiger partial charge in [-0.15, -0.1) is 23.2 Å². The number of alkyl halides is 2. The predicted molar refractivity (Wildman–Crippen MR) is 144 cm³/mol. The molecule has 1 atom stereocenters. The van der Waals surface area contributed by atoms with Crippen molar-refractivity contribution >= 4 is 69.5 Å². The van der Waals surface area contributed by atoms with Gasteiger partial charge in [-0.05, 0) is 44.0 Å². The van der Waals surface area contributed by atoms with E-state index in [0.29, 0.717) is 16.9 Å². The highest BCUT2D eigenvalue weighted by atomic mass is 35.5. The van der Waals surface area contributed by atoms with Crippen LogP contribution in [-0.2, 0) is 28.7 Å². The molecule has 1 aromatic carbocycles. The van der Waals surface area contributed by atoms with Gasteiger partial charge in [0.2, 0.25) is 11.1 Å². The Morgan fingerprint density at radius 1 is 0.921 bits per heavy atom. The molecule has 0 bridgehead atoms. The van der Waals surface area contributed by atoms with Crippen LogP contribution in [0.5, 0.6) is 0 Å². The van der Waals surface area contributed by atoms with Crippen LogP contribution in [0.4, 0.5) is 5.69 Å². The zero-order valence-corrected chi connectivity index (χ0v) is 23.1. The number of hydrogen-bond acceptors (Lipinski definition) is 8. The van der Waals surface area contributed by atoms with Crippen LogP contribution in [-0.4, -0.2) is 65.0 Å². The first-order valence-electron chi connectivity index (χ1n) is 11.5. The summed E-state index contributed by atoms with van der Waals surface area (Å²) in [6, 6.07) is 10.9. The van der Waals surface area contributed by atoms with Gasteiger partial charge in [0.05, 0.1) is 30.5 Å². The van der Waals surface area contributed by atoms with Crippen LogP contribution in [0.2, 0.25) is 0 Å². The van der Waals surface area contributed by atoms with E-state index in [2.05, 4.69) is 15.6 Å². The quantitative estimate of drug-likeness (QED) is 0.216. The van der Waals surface area contributed by atoms with Gasteiger partial charge in [0.15, 0.2) is 0 Å². The monoisotopic (exact) mass is 587 g/mol. The molecule has 0 aliphatic carbocycles. The van der Waals surface area contributed by atoms with Crippen LogP contribution in [0.15, 0.2) is 42.5 Å². The minimum absolute atomic E-state index is 0.0127. The van der Waals surface area contributed by atoms with Crippen LogP contribution in [0.1, 0.15) is 37.2 Å². The van der Waals surface area contributed by atoms with Gasteiger partial charge in [0.1, 0.15) is 17.6 Å². The van der Waals surface area contributed by atoms with Crippen molar-refractivity contribution in [2.45, 2.75) is 32.7 Å². The molecule has 10 nitrogen and oxygen atoms in total. The maximum Gasteiger partial charge on any atom is 0.328 e. The molecule has 2 rings (SSSR count). The van der Waals surface area contributed by atoms with Crippen LogP contribution in [0, 0.1) is 0 Å². The molecule has 2 aromatic rings. The zero-order chi connectivity index (χ0) is 28.5. The van der Waals surface area contributed by atoms with Crippen molar-refractivity contribution in [1.29, 1.82) is 0 Å². The molecule has 1 aromatic heterocycles. The van der Waals surface area contributed by atoms with Gasteiger partial charge in [0, 0.05) is 12.0 Å². The van der Waals surface area contributed by atoms with Gasteiger partial charge >= 0.3 is 11.9 Å². The second-order valence-corrected chi connectivity index (χ2v) is 8.21. The Balaban J connectivity index is 0.00000132. The molecule has 0 aliphatic heterocycles. The highest BCUT2D eigenvalue weighted by Crippen LogP contribution is 2.26. The van der Waals surface area contributed by atoms with E-state index in [4.69, 9.17) is 44.3 Å². The number of carbonyl (C=O) groups is 5. The first kappa shape index (κ1) is 32.8. The molecule has 2 amide bonds. The van der Waals surface area contributed by atoms with E-state index in [1.54, 1.807) is 38.1 Å². The second-order valence-electron chi connectivity index (χ2n) is 7.25. The number of ether oxygens (including phenoxy) is 2. The lowest BCUT2D eigenvalue weighted by molar-refractivity contribution is -0.147. The topological polar surface area (TPSA) is 141 Å². The Kier molecular flexibility index (Phi) is 15.6. The predicted octanol–water partition coefficient (Wildman–Crippen LogP) is 3.92. The van der Waals surface area contributed by atoms with E-state index in [1.165, 1.54) is 12.1 Å². The number of pyridine rings is 1. The van der Waals surface area contributed by atoms with E-state index >= 15 is 0 Å². The lowest BCUT2D eigenvalue weighted by Gasteiger charge is -2.17. The molecule has 0 fully saturated rings. The van der Waals surface area contributed by atoms with Crippen molar-refractivity contribution in [2.24, 2.45) is 0 Å². The van der Waals surface area contributed by atoms with Gasteiger partial charge in [-0.2, -0.15) is 0 Å². The van der Waals surface area contributed by atoms with E-state index in [0.717, 1.165) is 0 Å². The summed E-state index contributed by atoms with van der Waals surface area (Å²) < 4.78 is 9.90. The third kappa shape index (κ3) is 11.9. The van der Waals surface area contributed by atoms with Gasteiger partial charge in [-0.25, -0.2) is 9.78 Å². The second kappa shape index (κ2) is 18.1. The molecule has 13 heteroatoms. The molecular formula is C25H28Cl3N3O7. The molecule has 0 saturated heterocycles. The Morgan fingerprint density at radius 2 is 1.55 bits per heavy atom. The summed E-state index contributed by atoms with van der Waals surface area (Å²) in [6.07, 6.45) is -0.0531. The number of anilines is 1. The highest BCUT2D eigenvalue weighted by Gasteiger charge is 2.25. The molecule has 1 heterocycles. The summed E-state index contributed by atoms with van der Waals surface area (Å²) in [5.41, 5.74) is 1.43. The Hall–Kier alpha value is -3.21. The van der Waals surface area contributed by atoms with Gasteiger partial charge in [0.25, 0.3) is 5.91 Å². The first-order valence-corrected chi connectivity index (χ1v) is 12.9. The molecular weight excluding hydrogens is 561 g/mol. The number of carbonyl (C=O) groups excluding carboxylic acids is 5. The van der Waals surface area contributed by atoms with Crippen molar-refractivity contribution in [2.75, 3.05) is 30.3 Å². The number of nitrogens with zero attached hydrogens (tertiary/aromatic N) is 1. The minimum atomic E-state index is -1.06. The number of nitrogens with one attached hydrogen (secondary N) is 2. The van der Waals surface area contributed by atoms with Crippen molar-refractivity contribution in [3.8, 4) is 11.3 Å². The number of halogens is 3. The molecule has 38 heavy (non-hydrogen) atoms. The van der Waals surface area contributed by atoms with E-state index in [1.807, 2.05) is 6.07 Å². The SMILES string of the molecule is CCOC(=O)CCC(NC(=O)c1ccc(NC(=O)CCl)c(-c2ccccc2)n1)C(=O)OCC.O=C(Cl)CCl. The summed E-state index contributed by atoms with van der Waals surface area (Å²) in [7, 11) is 0. The summed E-state index contributed by atoms with van der Waals surface area (Å²) in [6.45, 7) is 3.66. The van der Waals surface area contributed by atoms with Crippen molar-refractivity contribution in [3.05, 3.63) is 48.2 Å². The van der Waals surface area contributed by atoms with E-state index < -0.39 is 35.0 Å². The fourth-order valence-electron chi connectivity index (χ4n) is 2.91. The Morgan fingerprint density at radius 3 is 2.11 bits per heavy atom. The van der Waals surface area contributed by atoms with Gasteiger partial charge < -0.3 is 20.1 Å². The maximum absolute atomic E-state index is 12.9. The molecule has 0 spiro atoms. The van der Waals surface area contributed by atoms with Gasteiger partial charge in [-0.3, -0.25) is 19.2 Å². The van der Waals surface area contributed by atoms with Crippen LogP contribution >= 0.6 is 34.8 Å². The molecule has 0 radical (unpaired) electrons. The lowest BCUT2D eigenvalue weighted by atomic mass is 10.1. The van der Waals surface area contributed by atoms with Crippen molar-refractivity contribution in [3.63, 3.8) is 0 Å². The lowest BCUT2D eigenvalue weighted by Crippen LogP contribution is -2.42. The maximum atomic E-state index is 12.9. The van der Waals surface area contributed by atoms with Gasteiger partial charge in [-0.1, -0.05) is 30.3 Å². The molecule has 206 valence electrons. The largest absolute Gasteiger partial charge is 0.466 e. The highest BCUT2D eigenvalue weighted by molar-refractivity contribution is 6.67. The minimum Gasteiger partial charge on any atom is -0.466 e. The zero-order valence-electron chi connectivity index (χ0n) is 20.8. The van der Waals surface area contributed by atoms with Crippen LogP contribution < -0.4 is 10.6 Å². The average molecular weight is 589 g/mol.